The van der Waals surface area contributed by atoms with Crippen LogP contribution in [0.2, 0.25) is 5.02 Å². The van der Waals surface area contributed by atoms with E-state index in [-0.39, 0.29) is 5.92 Å². The van der Waals surface area contributed by atoms with Crippen molar-refractivity contribution < 1.29 is 0 Å². The van der Waals surface area contributed by atoms with Gasteiger partial charge >= 0.3 is 0 Å². The van der Waals surface area contributed by atoms with E-state index in [1.165, 1.54) is 5.56 Å². The molecule has 0 fully saturated rings. The summed E-state index contributed by atoms with van der Waals surface area (Å²) in [6, 6.07) is 21.6. The Bertz CT molecular complexity index is 748. The van der Waals surface area contributed by atoms with E-state index >= 15 is 0 Å². The molecule has 0 saturated heterocycles. The summed E-state index contributed by atoms with van der Waals surface area (Å²) in [4.78, 5) is 2.54. The van der Waals surface area contributed by atoms with Crippen molar-refractivity contribution in [2.45, 2.75) is 65.0 Å². The van der Waals surface area contributed by atoms with Gasteiger partial charge in [0.25, 0.3) is 0 Å². The molecule has 0 aromatic heterocycles. The van der Waals surface area contributed by atoms with Gasteiger partial charge in [0.05, 0.1) is 11.5 Å². The minimum absolute atomic E-state index is 0.236. The average Bonchev–Trinajstić information content (AvgIpc) is 2.70. The second kappa shape index (κ2) is 10.6. The summed E-state index contributed by atoms with van der Waals surface area (Å²) >= 11 is 6.08. The van der Waals surface area contributed by atoms with E-state index in [2.05, 4.69) is 69.0 Å². The highest BCUT2D eigenvalue weighted by molar-refractivity contribution is 6.30. The van der Waals surface area contributed by atoms with Gasteiger partial charge in [-0.15, -0.1) is 0 Å². The number of halogens is 1. The van der Waals surface area contributed by atoms with Gasteiger partial charge in [-0.25, -0.2) is 0 Å². The van der Waals surface area contributed by atoms with E-state index in [4.69, 9.17) is 11.6 Å². The third-order valence-electron chi connectivity index (χ3n) is 5.86. The summed E-state index contributed by atoms with van der Waals surface area (Å²) in [6.45, 7) is 10.8. The number of benzene rings is 2. The van der Waals surface area contributed by atoms with Crippen molar-refractivity contribution in [1.29, 1.82) is 5.26 Å². The average molecular weight is 397 g/mol. The van der Waals surface area contributed by atoms with Crippen LogP contribution in [-0.2, 0) is 12.0 Å². The maximum atomic E-state index is 10.2. The maximum absolute atomic E-state index is 10.2. The zero-order valence-electron chi connectivity index (χ0n) is 17.7. The molecule has 0 radical (unpaired) electrons. The normalized spacial score (nSPS) is 14.6. The molecule has 2 aromatic rings. The van der Waals surface area contributed by atoms with Gasteiger partial charge in [-0.3, -0.25) is 4.90 Å². The Balaban J connectivity index is 2.15. The predicted octanol–water partition coefficient (Wildman–Crippen LogP) is 6.84. The molecule has 2 atom stereocenters. The summed E-state index contributed by atoms with van der Waals surface area (Å²) in [6.07, 6.45) is 2.96. The highest BCUT2D eigenvalue weighted by atomic mass is 35.5. The van der Waals surface area contributed by atoms with Gasteiger partial charge in [0.15, 0.2) is 0 Å². The molecule has 150 valence electrons. The fourth-order valence-corrected chi connectivity index (χ4v) is 4.07. The Labute approximate surface area is 176 Å². The first-order valence-corrected chi connectivity index (χ1v) is 10.8. The van der Waals surface area contributed by atoms with Crippen molar-refractivity contribution in [2.24, 2.45) is 5.92 Å². The molecular formula is C25H33ClN2. The Kier molecular flexibility index (Phi) is 8.55. The monoisotopic (exact) mass is 396 g/mol. The number of nitriles is 1. The Morgan fingerprint density at radius 1 is 1.04 bits per heavy atom. The van der Waals surface area contributed by atoms with E-state index in [0.29, 0.717) is 11.1 Å². The van der Waals surface area contributed by atoms with Gasteiger partial charge in [-0.05, 0) is 61.9 Å². The van der Waals surface area contributed by atoms with Crippen LogP contribution in [0.15, 0.2) is 54.6 Å². The highest BCUT2D eigenvalue weighted by Crippen LogP contribution is 2.38. The molecule has 2 aromatic carbocycles. The highest BCUT2D eigenvalue weighted by Gasteiger charge is 2.36. The van der Waals surface area contributed by atoms with E-state index in [9.17, 15) is 5.26 Å². The molecule has 0 aliphatic rings. The third kappa shape index (κ3) is 5.60. The molecule has 2 rings (SSSR count). The van der Waals surface area contributed by atoms with Gasteiger partial charge in [0.2, 0.25) is 0 Å². The van der Waals surface area contributed by atoms with Crippen molar-refractivity contribution in [3.63, 3.8) is 0 Å². The van der Waals surface area contributed by atoms with Crippen molar-refractivity contribution in [3.8, 4) is 6.07 Å². The molecule has 0 spiro atoms. The van der Waals surface area contributed by atoms with Crippen LogP contribution < -0.4 is 0 Å². The van der Waals surface area contributed by atoms with Crippen LogP contribution in [0.4, 0.5) is 0 Å². The topological polar surface area (TPSA) is 27.0 Å². The first-order chi connectivity index (χ1) is 13.4. The molecule has 0 heterocycles. The first kappa shape index (κ1) is 22.5. The molecule has 0 N–H and O–H groups in total. The Morgan fingerprint density at radius 3 is 2.21 bits per heavy atom. The Morgan fingerprint density at radius 2 is 1.68 bits per heavy atom. The van der Waals surface area contributed by atoms with E-state index in [1.807, 2.05) is 24.3 Å². The molecule has 2 unspecified atom stereocenters. The molecule has 0 aliphatic heterocycles. The number of rotatable bonds is 10. The Hall–Kier alpha value is -1.82. The standard InChI is InChI=1S/C25H33ClN2/c1-5-17-28(18-22-9-7-6-8-10-22)21(4)15-16-25(19-27,20(2)3)23-11-13-24(26)14-12-23/h6-14,20-21H,5,15-18H2,1-4H3. The van der Waals surface area contributed by atoms with E-state index in [0.717, 1.165) is 37.9 Å². The fourth-order valence-electron chi connectivity index (χ4n) is 3.94. The van der Waals surface area contributed by atoms with Gasteiger partial charge < -0.3 is 0 Å². The zero-order chi connectivity index (χ0) is 20.6. The van der Waals surface area contributed by atoms with Crippen LogP contribution >= 0.6 is 11.6 Å². The quantitative estimate of drug-likeness (QED) is 0.439. The van der Waals surface area contributed by atoms with Gasteiger partial charge in [-0.2, -0.15) is 5.26 Å². The van der Waals surface area contributed by atoms with Crippen molar-refractivity contribution in [3.05, 3.63) is 70.7 Å². The van der Waals surface area contributed by atoms with Crippen molar-refractivity contribution in [2.75, 3.05) is 6.54 Å². The van der Waals surface area contributed by atoms with Crippen LogP contribution in [0, 0.1) is 17.2 Å². The summed E-state index contributed by atoms with van der Waals surface area (Å²) < 4.78 is 0. The van der Waals surface area contributed by atoms with Crippen molar-refractivity contribution in [1.82, 2.24) is 4.90 Å². The van der Waals surface area contributed by atoms with E-state index in [1.54, 1.807) is 0 Å². The molecule has 0 aliphatic carbocycles. The minimum Gasteiger partial charge on any atom is -0.296 e. The molecular weight excluding hydrogens is 364 g/mol. The molecule has 0 bridgehead atoms. The van der Waals surface area contributed by atoms with Crippen LogP contribution in [0.5, 0.6) is 0 Å². The van der Waals surface area contributed by atoms with Gasteiger partial charge in [0, 0.05) is 17.6 Å². The van der Waals surface area contributed by atoms with Crippen LogP contribution in [0.25, 0.3) is 0 Å². The predicted molar refractivity (Wildman–Crippen MR) is 119 cm³/mol. The summed E-state index contributed by atoms with van der Waals surface area (Å²) in [5.74, 6) is 0.236. The summed E-state index contributed by atoms with van der Waals surface area (Å²) in [5.41, 5.74) is 1.94. The molecule has 2 nitrogen and oxygen atoms in total. The zero-order valence-corrected chi connectivity index (χ0v) is 18.4. The lowest BCUT2D eigenvalue weighted by Crippen LogP contribution is -2.37. The van der Waals surface area contributed by atoms with Crippen LogP contribution in [0.3, 0.4) is 0 Å². The molecule has 0 saturated carbocycles. The minimum atomic E-state index is -0.483. The number of hydrogen-bond acceptors (Lipinski definition) is 2. The second-order valence-electron chi connectivity index (χ2n) is 8.09. The van der Waals surface area contributed by atoms with Crippen molar-refractivity contribution >= 4 is 11.6 Å². The summed E-state index contributed by atoms with van der Waals surface area (Å²) in [7, 11) is 0. The molecule has 3 heteroatoms. The largest absolute Gasteiger partial charge is 0.296 e. The van der Waals surface area contributed by atoms with E-state index < -0.39 is 5.41 Å². The summed E-state index contributed by atoms with van der Waals surface area (Å²) in [5, 5.41) is 10.9. The first-order valence-electron chi connectivity index (χ1n) is 10.4. The van der Waals surface area contributed by atoms with Gasteiger partial charge in [-0.1, -0.05) is 74.8 Å². The third-order valence-corrected chi connectivity index (χ3v) is 6.12. The second-order valence-corrected chi connectivity index (χ2v) is 8.52. The van der Waals surface area contributed by atoms with Crippen LogP contribution in [0.1, 0.15) is 58.1 Å². The maximum Gasteiger partial charge on any atom is 0.0845 e. The SMILES string of the molecule is CCCN(Cc1ccccc1)C(C)CCC(C#N)(c1ccc(Cl)cc1)C(C)C. The number of hydrogen-bond donors (Lipinski definition) is 0. The lowest BCUT2D eigenvalue weighted by Gasteiger charge is -2.35. The lowest BCUT2D eigenvalue weighted by atomic mass is 9.69. The van der Waals surface area contributed by atoms with Crippen LogP contribution in [-0.4, -0.2) is 17.5 Å². The fraction of sp³-hybridized carbons (Fsp3) is 0.480. The smallest absolute Gasteiger partial charge is 0.0845 e. The lowest BCUT2D eigenvalue weighted by molar-refractivity contribution is 0.177. The molecule has 28 heavy (non-hydrogen) atoms. The number of nitrogens with zero attached hydrogens (tertiary/aromatic N) is 2. The van der Waals surface area contributed by atoms with Gasteiger partial charge in [0.1, 0.15) is 0 Å². The molecule has 0 amide bonds.